The van der Waals surface area contributed by atoms with E-state index >= 15 is 0 Å². The number of sulfonamides is 1. The molecule has 118 valence electrons. The Balaban J connectivity index is 2.26. The highest BCUT2D eigenvalue weighted by Crippen LogP contribution is 2.21. The van der Waals surface area contributed by atoms with E-state index in [0.29, 0.717) is 0 Å². The summed E-state index contributed by atoms with van der Waals surface area (Å²) in [6, 6.07) is 11.6. The van der Waals surface area contributed by atoms with Crippen LogP contribution in [0.2, 0.25) is 0 Å². The molecule has 0 aromatic heterocycles. The van der Waals surface area contributed by atoms with Crippen LogP contribution < -0.4 is 4.72 Å². The zero-order valence-corrected chi connectivity index (χ0v) is 12.6. The first-order valence-electron chi connectivity index (χ1n) is 5.93. The SMILES string of the molecule is O=S(=O)(Nc1ccc(S(=O)(=O)C(F)F)cc1)c1ccccc1. The van der Waals surface area contributed by atoms with E-state index in [0.717, 1.165) is 24.3 Å². The smallest absolute Gasteiger partial charge is 0.280 e. The molecular formula is C13H11F2NO4S2. The van der Waals surface area contributed by atoms with Gasteiger partial charge in [0.2, 0.25) is 9.84 Å². The van der Waals surface area contributed by atoms with Crippen molar-refractivity contribution in [2.24, 2.45) is 0 Å². The minimum Gasteiger partial charge on any atom is -0.280 e. The van der Waals surface area contributed by atoms with E-state index in [9.17, 15) is 25.6 Å². The molecule has 0 radical (unpaired) electrons. The number of benzene rings is 2. The van der Waals surface area contributed by atoms with E-state index in [-0.39, 0.29) is 10.6 Å². The molecule has 2 rings (SSSR count). The maximum absolute atomic E-state index is 12.4. The number of sulfone groups is 1. The number of hydrogen-bond donors (Lipinski definition) is 1. The summed E-state index contributed by atoms with van der Waals surface area (Å²) in [5.74, 6) is -3.53. The summed E-state index contributed by atoms with van der Waals surface area (Å²) in [6.45, 7) is 0. The molecule has 0 amide bonds. The lowest BCUT2D eigenvalue weighted by molar-refractivity contribution is 0.234. The minimum atomic E-state index is -4.70. The third-order valence-electron chi connectivity index (χ3n) is 2.72. The first-order chi connectivity index (χ1) is 10.2. The first kappa shape index (κ1) is 16.4. The molecule has 0 bridgehead atoms. The van der Waals surface area contributed by atoms with Gasteiger partial charge in [-0.3, -0.25) is 4.72 Å². The molecule has 0 aliphatic rings. The molecule has 0 heterocycles. The van der Waals surface area contributed by atoms with Crippen molar-refractivity contribution in [2.75, 3.05) is 4.72 Å². The Hall–Kier alpha value is -2.00. The third kappa shape index (κ3) is 3.42. The monoisotopic (exact) mass is 347 g/mol. The Kier molecular flexibility index (Phi) is 4.47. The van der Waals surface area contributed by atoms with E-state index in [1.807, 2.05) is 0 Å². The van der Waals surface area contributed by atoms with Gasteiger partial charge in [0.05, 0.1) is 9.79 Å². The van der Waals surface area contributed by atoms with E-state index in [1.165, 1.54) is 12.1 Å². The van der Waals surface area contributed by atoms with Crippen LogP contribution in [0.3, 0.4) is 0 Å². The number of halogens is 2. The van der Waals surface area contributed by atoms with Gasteiger partial charge in [0.25, 0.3) is 10.0 Å². The van der Waals surface area contributed by atoms with Crippen LogP contribution in [0.1, 0.15) is 0 Å². The van der Waals surface area contributed by atoms with Crippen LogP contribution in [0, 0.1) is 0 Å². The summed E-state index contributed by atoms with van der Waals surface area (Å²) in [5, 5.41) is 0. The molecule has 22 heavy (non-hydrogen) atoms. The van der Waals surface area contributed by atoms with Gasteiger partial charge in [-0.2, -0.15) is 8.78 Å². The van der Waals surface area contributed by atoms with Crippen LogP contribution in [-0.4, -0.2) is 22.6 Å². The number of nitrogens with one attached hydrogen (secondary N) is 1. The second-order valence-electron chi connectivity index (χ2n) is 4.25. The maximum atomic E-state index is 12.4. The van der Waals surface area contributed by atoms with Gasteiger partial charge in [0.1, 0.15) is 0 Å². The van der Waals surface area contributed by atoms with Gasteiger partial charge in [0.15, 0.2) is 0 Å². The number of alkyl halides is 2. The number of anilines is 1. The highest BCUT2D eigenvalue weighted by atomic mass is 32.2. The van der Waals surface area contributed by atoms with Crippen molar-refractivity contribution in [2.45, 2.75) is 15.5 Å². The second-order valence-corrected chi connectivity index (χ2v) is 7.85. The normalized spacial score (nSPS) is 12.3. The molecule has 0 saturated heterocycles. The summed E-state index contributed by atoms with van der Waals surface area (Å²) in [5.41, 5.74) is 0.0667. The third-order valence-corrected chi connectivity index (χ3v) is 5.52. The van der Waals surface area contributed by atoms with Crippen molar-refractivity contribution < 1.29 is 25.6 Å². The van der Waals surface area contributed by atoms with Gasteiger partial charge in [-0.15, -0.1) is 0 Å². The number of rotatable bonds is 5. The lowest BCUT2D eigenvalue weighted by Gasteiger charge is -2.09. The minimum absolute atomic E-state index is 0.0271. The lowest BCUT2D eigenvalue weighted by atomic mass is 10.3. The molecule has 2 aromatic carbocycles. The van der Waals surface area contributed by atoms with Crippen molar-refractivity contribution >= 4 is 25.5 Å². The van der Waals surface area contributed by atoms with Crippen LogP contribution in [0.5, 0.6) is 0 Å². The highest BCUT2D eigenvalue weighted by molar-refractivity contribution is 7.92. The largest absolute Gasteiger partial charge is 0.341 e. The van der Waals surface area contributed by atoms with Gasteiger partial charge in [-0.1, -0.05) is 18.2 Å². The summed E-state index contributed by atoms with van der Waals surface area (Å²) in [7, 11) is -8.53. The molecule has 0 saturated carbocycles. The Morgan fingerprint density at radius 2 is 1.32 bits per heavy atom. The van der Waals surface area contributed by atoms with Gasteiger partial charge in [0, 0.05) is 5.69 Å². The summed E-state index contributed by atoms with van der Waals surface area (Å²) in [4.78, 5) is -0.551. The zero-order chi connectivity index (χ0) is 16.4. The standard InChI is InChI=1S/C13H11F2NO4S2/c14-13(15)21(17,18)11-8-6-10(7-9-11)16-22(19,20)12-4-2-1-3-5-12/h1-9,13,16H. The first-order valence-corrected chi connectivity index (χ1v) is 8.96. The molecule has 0 fully saturated rings. The molecule has 0 aliphatic heterocycles. The second kappa shape index (κ2) is 6.01. The Morgan fingerprint density at radius 1 is 0.773 bits per heavy atom. The van der Waals surface area contributed by atoms with E-state index < -0.39 is 30.5 Å². The molecule has 0 atom stereocenters. The quantitative estimate of drug-likeness (QED) is 0.901. The van der Waals surface area contributed by atoms with E-state index in [2.05, 4.69) is 4.72 Å². The van der Waals surface area contributed by atoms with Crippen molar-refractivity contribution in [1.29, 1.82) is 0 Å². The highest BCUT2D eigenvalue weighted by Gasteiger charge is 2.26. The molecule has 0 unspecified atom stereocenters. The van der Waals surface area contributed by atoms with Crippen LogP contribution >= 0.6 is 0 Å². The van der Waals surface area contributed by atoms with Crippen LogP contribution in [0.15, 0.2) is 64.4 Å². The molecule has 5 nitrogen and oxygen atoms in total. The van der Waals surface area contributed by atoms with Crippen LogP contribution in [0.4, 0.5) is 14.5 Å². The molecule has 9 heteroatoms. The predicted molar refractivity (Wildman–Crippen MR) is 76.9 cm³/mol. The molecular weight excluding hydrogens is 336 g/mol. The number of hydrogen-bond acceptors (Lipinski definition) is 4. The van der Waals surface area contributed by atoms with Crippen molar-refractivity contribution in [3.8, 4) is 0 Å². The zero-order valence-electron chi connectivity index (χ0n) is 11.0. The van der Waals surface area contributed by atoms with Crippen LogP contribution in [-0.2, 0) is 19.9 Å². The average Bonchev–Trinajstić information content (AvgIpc) is 2.48. The maximum Gasteiger partial charge on any atom is 0.341 e. The predicted octanol–water partition coefficient (Wildman–Crippen LogP) is 2.48. The van der Waals surface area contributed by atoms with E-state index in [1.54, 1.807) is 18.2 Å². The summed E-state index contributed by atoms with van der Waals surface area (Å²) < 4.78 is 73.6. The molecule has 1 N–H and O–H groups in total. The van der Waals surface area contributed by atoms with Crippen molar-refractivity contribution in [3.05, 3.63) is 54.6 Å². The van der Waals surface area contributed by atoms with Crippen LogP contribution in [0.25, 0.3) is 0 Å². The fraction of sp³-hybridized carbons (Fsp3) is 0.0769. The molecule has 0 aliphatic carbocycles. The Labute approximate surface area is 126 Å². The van der Waals surface area contributed by atoms with Gasteiger partial charge in [-0.05, 0) is 36.4 Å². The lowest BCUT2D eigenvalue weighted by Crippen LogP contribution is -2.14. The average molecular weight is 347 g/mol. The fourth-order valence-electron chi connectivity index (χ4n) is 1.63. The molecule has 0 spiro atoms. The van der Waals surface area contributed by atoms with Crippen molar-refractivity contribution in [1.82, 2.24) is 0 Å². The fourth-order valence-corrected chi connectivity index (χ4v) is 3.43. The molecule has 2 aromatic rings. The van der Waals surface area contributed by atoms with Gasteiger partial charge >= 0.3 is 5.76 Å². The topological polar surface area (TPSA) is 80.3 Å². The Bertz CT molecular complexity index is 849. The van der Waals surface area contributed by atoms with Gasteiger partial charge in [-0.25, -0.2) is 16.8 Å². The summed E-state index contributed by atoms with van der Waals surface area (Å²) in [6.07, 6.45) is 0. The summed E-state index contributed by atoms with van der Waals surface area (Å²) >= 11 is 0. The van der Waals surface area contributed by atoms with Gasteiger partial charge < -0.3 is 0 Å². The Morgan fingerprint density at radius 3 is 1.82 bits per heavy atom. The van der Waals surface area contributed by atoms with Crippen molar-refractivity contribution in [3.63, 3.8) is 0 Å². The van der Waals surface area contributed by atoms with E-state index in [4.69, 9.17) is 0 Å².